The zero-order valence-corrected chi connectivity index (χ0v) is 17.1. The van der Waals surface area contributed by atoms with Crippen LogP contribution in [0.4, 0.5) is 0 Å². The summed E-state index contributed by atoms with van der Waals surface area (Å²) in [5, 5.41) is 21.3. The lowest BCUT2D eigenvalue weighted by Gasteiger charge is -2.64. The summed E-state index contributed by atoms with van der Waals surface area (Å²) in [4.78, 5) is 23.2. The minimum Gasteiger partial charge on any atom is -0.508 e. The highest BCUT2D eigenvalue weighted by Crippen LogP contribution is 2.66. The maximum Gasteiger partial charge on any atom is 0.154 e. The molecule has 2 N–H and O–H groups in total. The molecule has 2 aliphatic carbocycles. The van der Waals surface area contributed by atoms with Crippen molar-refractivity contribution in [3.63, 3.8) is 0 Å². The van der Waals surface area contributed by atoms with E-state index in [1.165, 1.54) is 6.07 Å². The molecular weight excluding hydrogens is 356 g/mol. The van der Waals surface area contributed by atoms with Crippen molar-refractivity contribution in [3.8, 4) is 11.5 Å². The first-order valence-corrected chi connectivity index (χ1v) is 10.3. The molecule has 1 spiro atoms. The zero-order chi connectivity index (χ0) is 20.5. The molecule has 3 aliphatic rings. The van der Waals surface area contributed by atoms with E-state index in [1.54, 1.807) is 0 Å². The third-order valence-electron chi connectivity index (χ3n) is 8.51. The summed E-state index contributed by atoms with van der Waals surface area (Å²) in [6, 6.07) is 1.37. The van der Waals surface area contributed by atoms with Crippen LogP contribution in [0, 0.1) is 22.7 Å². The van der Waals surface area contributed by atoms with Crippen LogP contribution in [0.25, 0.3) is 0 Å². The van der Waals surface area contributed by atoms with Gasteiger partial charge in [0.2, 0.25) is 0 Å². The lowest BCUT2D eigenvalue weighted by molar-refractivity contribution is -0.210. The van der Waals surface area contributed by atoms with Crippen molar-refractivity contribution in [1.82, 2.24) is 0 Å². The molecule has 1 unspecified atom stereocenters. The number of aldehydes is 2. The van der Waals surface area contributed by atoms with E-state index in [0.29, 0.717) is 36.7 Å². The van der Waals surface area contributed by atoms with Gasteiger partial charge in [-0.2, -0.15) is 0 Å². The van der Waals surface area contributed by atoms with Crippen LogP contribution in [0.5, 0.6) is 11.5 Å². The summed E-state index contributed by atoms with van der Waals surface area (Å²) in [7, 11) is 0. The molecule has 5 heteroatoms. The van der Waals surface area contributed by atoms with E-state index in [-0.39, 0.29) is 45.6 Å². The van der Waals surface area contributed by atoms with Gasteiger partial charge in [-0.15, -0.1) is 0 Å². The smallest absolute Gasteiger partial charge is 0.154 e. The second-order valence-corrected chi connectivity index (χ2v) is 9.93. The Morgan fingerprint density at radius 3 is 2.50 bits per heavy atom. The van der Waals surface area contributed by atoms with Gasteiger partial charge < -0.3 is 14.9 Å². The molecule has 1 aromatic rings. The molecular formula is C23H30O5. The molecule has 1 aliphatic heterocycles. The second kappa shape index (κ2) is 6.06. The molecule has 1 heterocycles. The molecule has 2 fully saturated rings. The van der Waals surface area contributed by atoms with Crippen LogP contribution in [0.3, 0.4) is 0 Å². The number of fused-ring (bicyclic) bond motifs is 3. The maximum absolute atomic E-state index is 11.8. The Hall–Kier alpha value is -1.88. The fourth-order valence-electron chi connectivity index (χ4n) is 6.75. The fraction of sp³-hybridized carbons (Fsp3) is 0.652. The SMILES string of the molecule is C[C@@H]1CCC2C(C)(C)[C@@H](O)CC[C@]2(C)[C@@]12Cc1c(O)cc(C=O)c(C=O)c1O2. The number of hydrogen-bond acceptors (Lipinski definition) is 5. The Labute approximate surface area is 166 Å². The fourth-order valence-corrected chi connectivity index (χ4v) is 6.75. The van der Waals surface area contributed by atoms with Crippen LogP contribution in [0.2, 0.25) is 0 Å². The molecule has 28 heavy (non-hydrogen) atoms. The molecule has 0 bridgehead atoms. The van der Waals surface area contributed by atoms with Crippen LogP contribution in [-0.4, -0.2) is 34.5 Å². The Morgan fingerprint density at radius 2 is 1.86 bits per heavy atom. The van der Waals surface area contributed by atoms with Gasteiger partial charge in [0, 0.05) is 23.0 Å². The topological polar surface area (TPSA) is 83.8 Å². The number of phenolic OH excluding ortho intramolecular Hbond substituents is 1. The number of rotatable bonds is 2. The third-order valence-corrected chi connectivity index (χ3v) is 8.51. The van der Waals surface area contributed by atoms with E-state index >= 15 is 0 Å². The largest absolute Gasteiger partial charge is 0.508 e. The minimum absolute atomic E-state index is 0.0209. The molecule has 0 aromatic heterocycles. The highest BCUT2D eigenvalue weighted by Gasteiger charge is 2.67. The number of aliphatic hydroxyl groups excluding tert-OH is 1. The number of benzene rings is 1. The highest BCUT2D eigenvalue weighted by molar-refractivity contribution is 5.95. The van der Waals surface area contributed by atoms with E-state index in [9.17, 15) is 19.8 Å². The number of aromatic hydroxyl groups is 1. The Kier molecular flexibility index (Phi) is 4.20. The van der Waals surface area contributed by atoms with Gasteiger partial charge in [0.1, 0.15) is 17.1 Å². The summed E-state index contributed by atoms with van der Waals surface area (Å²) in [6.45, 7) is 8.73. The quantitative estimate of drug-likeness (QED) is 0.753. The van der Waals surface area contributed by atoms with Crippen LogP contribution in [-0.2, 0) is 6.42 Å². The van der Waals surface area contributed by atoms with Crippen molar-refractivity contribution in [2.75, 3.05) is 0 Å². The van der Waals surface area contributed by atoms with Crippen LogP contribution in [0.1, 0.15) is 79.7 Å². The van der Waals surface area contributed by atoms with E-state index in [0.717, 1.165) is 19.3 Å². The lowest BCUT2D eigenvalue weighted by Crippen LogP contribution is -2.66. The van der Waals surface area contributed by atoms with Crippen LogP contribution >= 0.6 is 0 Å². The number of hydrogen-bond donors (Lipinski definition) is 2. The van der Waals surface area contributed by atoms with Gasteiger partial charge in [-0.1, -0.05) is 27.7 Å². The number of ether oxygens (including phenoxy) is 1. The van der Waals surface area contributed by atoms with Crippen molar-refractivity contribution in [2.24, 2.45) is 22.7 Å². The average molecular weight is 386 g/mol. The highest BCUT2D eigenvalue weighted by atomic mass is 16.5. The Balaban J connectivity index is 1.88. The summed E-state index contributed by atoms with van der Waals surface area (Å²) >= 11 is 0. The molecule has 4 rings (SSSR count). The lowest BCUT2D eigenvalue weighted by atomic mass is 9.43. The number of carbonyl (C=O) groups is 2. The summed E-state index contributed by atoms with van der Waals surface area (Å²) < 4.78 is 6.66. The standard InChI is InChI=1S/C23H30O5/c1-13-5-6-18-21(2,3)19(27)7-8-22(18,4)23(13)10-15-17(26)9-14(11-24)16(12-25)20(15)28-23/h9,11-13,18-19,26-27H,5-8,10H2,1-4H3/t13-,18?,19+,22+,23-/m1/s1. The van der Waals surface area contributed by atoms with Crippen LogP contribution < -0.4 is 4.74 Å². The molecule has 152 valence electrons. The van der Waals surface area contributed by atoms with Gasteiger partial charge in [-0.05, 0) is 49.0 Å². The summed E-state index contributed by atoms with van der Waals surface area (Å²) in [5.74, 6) is 0.884. The third kappa shape index (κ3) is 2.23. The monoisotopic (exact) mass is 386 g/mol. The first-order valence-electron chi connectivity index (χ1n) is 10.3. The molecule has 0 radical (unpaired) electrons. The number of carbonyl (C=O) groups excluding carboxylic acids is 2. The van der Waals surface area contributed by atoms with E-state index in [4.69, 9.17) is 4.74 Å². The van der Waals surface area contributed by atoms with Crippen molar-refractivity contribution in [2.45, 2.75) is 71.5 Å². The second-order valence-electron chi connectivity index (χ2n) is 9.93. The van der Waals surface area contributed by atoms with Crippen molar-refractivity contribution in [3.05, 3.63) is 22.8 Å². The average Bonchev–Trinajstić information content (AvgIpc) is 3.06. The van der Waals surface area contributed by atoms with Gasteiger partial charge >= 0.3 is 0 Å². The van der Waals surface area contributed by atoms with Gasteiger partial charge in [0.25, 0.3) is 0 Å². The summed E-state index contributed by atoms with van der Waals surface area (Å²) in [5.41, 5.74) is 0.0139. The van der Waals surface area contributed by atoms with Gasteiger partial charge in [0.05, 0.1) is 11.7 Å². The minimum atomic E-state index is -0.563. The molecule has 0 saturated heterocycles. The summed E-state index contributed by atoms with van der Waals surface area (Å²) in [6.07, 6.45) is 4.95. The number of phenols is 1. The van der Waals surface area contributed by atoms with Crippen LogP contribution in [0.15, 0.2) is 6.07 Å². The first-order chi connectivity index (χ1) is 13.1. The normalized spacial score (nSPS) is 38.4. The van der Waals surface area contributed by atoms with Crippen molar-refractivity contribution < 1.29 is 24.5 Å². The predicted molar refractivity (Wildman–Crippen MR) is 105 cm³/mol. The van der Waals surface area contributed by atoms with Gasteiger partial charge in [0.15, 0.2) is 12.6 Å². The molecule has 0 amide bonds. The first kappa shape index (κ1) is 19.4. The molecule has 1 aromatic carbocycles. The van der Waals surface area contributed by atoms with Crippen molar-refractivity contribution >= 4 is 12.6 Å². The van der Waals surface area contributed by atoms with E-state index < -0.39 is 5.60 Å². The zero-order valence-electron chi connectivity index (χ0n) is 17.1. The van der Waals surface area contributed by atoms with E-state index in [1.807, 2.05) is 0 Å². The van der Waals surface area contributed by atoms with Gasteiger partial charge in [-0.25, -0.2) is 0 Å². The number of aliphatic hydroxyl groups is 1. The maximum atomic E-state index is 11.8. The van der Waals surface area contributed by atoms with Crippen molar-refractivity contribution in [1.29, 1.82) is 0 Å². The van der Waals surface area contributed by atoms with Gasteiger partial charge in [-0.3, -0.25) is 9.59 Å². The Morgan fingerprint density at radius 1 is 1.14 bits per heavy atom. The Bertz CT molecular complexity index is 844. The van der Waals surface area contributed by atoms with E-state index in [2.05, 4.69) is 27.7 Å². The predicted octanol–water partition coefficient (Wildman–Crippen LogP) is 3.92. The molecule has 5 atom stereocenters. The molecule has 2 saturated carbocycles. The molecule has 5 nitrogen and oxygen atoms in total.